The average molecular weight is 205 g/mol. The number of ether oxygens (including phenoxy) is 2. The van der Waals surface area contributed by atoms with E-state index >= 15 is 0 Å². The van der Waals surface area contributed by atoms with Gasteiger partial charge in [0.05, 0.1) is 0 Å². The van der Waals surface area contributed by atoms with Gasteiger partial charge < -0.3 is 9.47 Å². The maximum absolute atomic E-state index is 8.15. The standard InChI is InChI=1S/C10H11N3O2/c11-13-12-4-3-8-1-2-9-10(7-8)15-6-5-14-9/h1-2,7H,3-6H2. The van der Waals surface area contributed by atoms with Crippen LogP contribution in [0.3, 0.4) is 0 Å². The summed E-state index contributed by atoms with van der Waals surface area (Å²) in [5, 5.41) is 3.49. The number of hydrogen-bond donors (Lipinski definition) is 0. The fourth-order valence-electron chi connectivity index (χ4n) is 1.47. The first kappa shape index (κ1) is 9.68. The zero-order valence-corrected chi connectivity index (χ0v) is 8.22. The third-order valence-electron chi connectivity index (χ3n) is 2.17. The lowest BCUT2D eigenvalue weighted by Crippen LogP contribution is -2.15. The van der Waals surface area contributed by atoms with Crippen LogP contribution in [0.4, 0.5) is 0 Å². The van der Waals surface area contributed by atoms with Gasteiger partial charge in [-0.1, -0.05) is 11.2 Å². The van der Waals surface area contributed by atoms with Crippen molar-refractivity contribution in [1.29, 1.82) is 0 Å². The molecule has 5 nitrogen and oxygen atoms in total. The van der Waals surface area contributed by atoms with Crippen molar-refractivity contribution in [2.45, 2.75) is 6.42 Å². The normalized spacial score (nSPS) is 13.1. The number of azide groups is 1. The van der Waals surface area contributed by atoms with Crippen LogP contribution in [0, 0.1) is 0 Å². The SMILES string of the molecule is [N-]=[N+]=NCCc1ccc2c(c1)OCCO2. The van der Waals surface area contributed by atoms with E-state index in [2.05, 4.69) is 10.0 Å². The lowest BCUT2D eigenvalue weighted by molar-refractivity contribution is 0.171. The van der Waals surface area contributed by atoms with E-state index < -0.39 is 0 Å². The van der Waals surface area contributed by atoms with Crippen molar-refractivity contribution < 1.29 is 9.47 Å². The van der Waals surface area contributed by atoms with Crippen molar-refractivity contribution in [3.63, 3.8) is 0 Å². The van der Waals surface area contributed by atoms with Crippen LogP contribution in [0.15, 0.2) is 23.3 Å². The second kappa shape index (κ2) is 4.57. The maximum Gasteiger partial charge on any atom is 0.161 e. The van der Waals surface area contributed by atoms with Crippen molar-refractivity contribution in [2.24, 2.45) is 5.11 Å². The van der Waals surface area contributed by atoms with E-state index in [0.717, 1.165) is 23.5 Å². The zero-order valence-electron chi connectivity index (χ0n) is 8.22. The molecule has 0 bridgehead atoms. The Kier molecular flexibility index (Phi) is 2.95. The van der Waals surface area contributed by atoms with Gasteiger partial charge in [-0.15, -0.1) is 0 Å². The Hall–Kier alpha value is -1.87. The fourth-order valence-corrected chi connectivity index (χ4v) is 1.47. The van der Waals surface area contributed by atoms with Crippen LogP contribution in [0.2, 0.25) is 0 Å². The summed E-state index contributed by atoms with van der Waals surface area (Å²) >= 11 is 0. The smallest absolute Gasteiger partial charge is 0.161 e. The van der Waals surface area contributed by atoms with Crippen molar-refractivity contribution in [1.82, 2.24) is 0 Å². The highest BCUT2D eigenvalue weighted by atomic mass is 16.6. The van der Waals surface area contributed by atoms with Crippen molar-refractivity contribution in [2.75, 3.05) is 19.8 Å². The van der Waals surface area contributed by atoms with Gasteiger partial charge in [-0.3, -0.25) is 0 Å². The first-order valence-corrected chi connectivity index (χ1v) is 4.79. The van der Waals surface area contributed by atoms with E-state index in [1.807, 2.05) is 18.2 Å². The van der Waals surface area contributed by atoms with Crippen LogP contribution < -0.4 is 9.47 Å². The lowest BCUT2D eigenvalue weighted by Gasteiger charge is -2.18. The summed E-state index contributed by atoms with van der Waals surface area (Å²) < 4.78 is 10.8. The maximum atomic E-state index is 8.15. The first-order chi connectivity index (χ1) is 7.40. The molecule has 0 unspecified atom stereocenters. The Balaban J connectivity index is 2.09. The summed E-state index contributed by atoms with van der Waals surface area (Å²) in [5.74, 6) is 1.56. The molecule has 0 radical (unpaired) electrons. The van der Waals surface area contributed by atoms with Gasteiger partial charge in [-0.05, 0) is 29.6 Å². The Morgan fingerprint density at radius 3 is 2.87 bits per heavy atom. The Morgan fingerprint density at radius 2 is 2.07 bits per heavy atom. The number of benzene rings is 1. The van der Waals surface area contributed by atoms with Gasteiger partial charge >= 0.3 is 0 Å². The molecule has 1 aromatic carbocycles. The highest BCUT2D eigenvalue weighted by molar-refractivity contribution is 5.43. The molecule has 1 aromatic rings. The number of fused-ring (bicyclic) bond motifs is 1. The summed E-state index contributed by atoms with van der Waals surface area (Å²) in [5.41, 5.74) is 9.24. The fraction of sp³-hybridized carbons (Fsp3) is 0.400. The van der Waals surface area contributed by atoms with Crippen LogP contribution in [0.5, 0.6) is 11.5 Å². The van der Waals surface area contributed by atoms with Gasteiger partial charge in [0.25, 0.3) is 0 Å². The molecule has 0 amide bonds. The molecule has 0 saturated heterocycles. The van der Waals surface area contributed by atoms with Gasteiger partial charge in [0.1, 0.15) is 13.2 Å². The minimum absolute atomic E-state index is 0.468. The molecule has 0 N–H and O–H groups in total. The van der Waals surface area contributed by atoms with E-state index in [-0.39, 0.29) is 0 Å². The lowest BCUT2D eigenvalue weighted by atomic mass is 10.1. The third-order valence-corrected chi connectivity index (χ3v) is 2.17. The van der Waals surface area contributed by atoms with Crippen molar-refractivity contribution in [3.8, 4) is 11.5 Å². The molecule has 2 rings (SSSR count). The van der Waals surface area contributed by atoms with E-state index in [1.54, 1.807) is 0 Å². The van der Waals surface area contributed by atoms with Crippen LogP contribution in [-0.2, 0) is 6.42 Å². The van der Waals surface area contributed by atoms with Crippen LogP contribution >= 0.6 is 0 Å². The molecule has 5 heteroatoms. The van der Waals surface area contributed by atoms with E-state index in [9.17, 15) is 0 Å². The van der Waals surface area contributed by atoms with Gasteiger partial charge in [-0.25, -0.2) is 0 Å². The molecule has 1 aliphatic heterocycles. The third kappa shape index (κ3) is 2.33. The Labute approximate surface area is 87.2 Å². The topological polar surface area (TPSA) is 67.2 Å². The number of hydrogen-bond acceptors (Lipinski definition) is 3. The van der Waals surface area contributed by atoms with E-state index in [0.29, 0.717) is 19.8 Å². The van der Waals surface area contributed by atoms with Gasteiger partial charge in [-0.2, -0.15) is 0 Å². The predicted octanol–water partition coefficient (Wildman–Crippen LogP) is 2.31. The van der Waals surface area contributed by atoms with Gasteiger partial charge in [0.2, 0.25) is 0 Å². The van der Waals surface area contributed by atoms with Gasteiger partial charge in [0, 0.05) is 11.5 Å². The summed E-state index contributed by atoms with van der Waals surface area (Å²) in [4.78, 5) is 2.71. The highest BCUT2D eigenvalue weighted by Gasteiger charge is 2.10. The van der Waals surface area contributed by atoms with Crippen LogP contribution in [0.1, 0.15) is 5.56 Å². The monoisotopic (exact) mass is 205 g/mol. The zero-order chi connectivity index (χ0) is 10.5. The first-order valence-electron chi connectivity index (χ1n) is 4.79. The summed E-state index contributed by atoms with van der Waals surface area (Å²) in [6.07, 6.45) is 0.723. The summed E-state index contributed by atoms with van der Waals surface area (Å²) in [6.45, 7) is 1.66. The Morgan fingerprint density at radius 1 is 1.27 bits per heavy atom. The van der Waals surface area contributed by atoms with Crippen molar-refractivity contribution in [3.05, 3.63) is 34.2 Å². The van der Waals surface area contributed by atoms with E-state index in [1.165, 1.54) is 0 Å². The number of nitrogens with zero attached hydrogens (tertiary/aromatic N) is 3. The minimum Gasteiger partial charge on any atom is -0.486 e. The minimum atomic E-state index is 0.468. The molecule has 15 heavy (non-hydrogen) atoms. The molecular weight excluding hydrogens is 194 g/mol. The second-order valence-corrected chi connectivity index (χ2v) is 3.18. The summed E-state index contributed by atoms with van der Waals surface area (Å²) in [7, 11) is 0. The molecule has 0 spiro atoms. The Bertz CT molecular complexity index is 400. The molecule has 0 atom stereocenters. The molecule has 0 fully saturated rings. The largest absolute Gasteiger partial charge is 0.486 e. The molecule has 0 saturated carbocycles. The van der Waals surface area contributed by atoms with Crippen molar-refractivity contribution >= 4 is 0 Å². The average Bonchev–Trinajstić information content (AvgIpc) is 2.29. The van der Waals surface area contributed by atoms with Crippen LogP contribution in [-0.4, -0.2) is 19.8 Å². The second-order valence-electron chi connectivity index (χ2n) is 3.18. The molecular formula is C10H11N3O2. The van der Waals surface area contributed by atoms with Gasteiger partial charge in [0.15, 0.2) is 11.5 Å². The highest BCUT2D eigenvalue weighted by Crippen LogP contribution is 2.30. The molecule has 0 aliphatic carbocycles. The van der Waals surface area contributed by atoms with E-state index in [4.69, 9.17) is 15.0 Å². The summed E-state index contributed by atoms with van der Waals surface area (Å²) in [6, 6.07) is 5.78. The quantitative estimate of drug-likeness (QED) is 0.431. The predicted molar refractivity (Wildman–Crippen MR) is 55.1 cm³/mol. The molecule has 78 valence electrons. The molecule has 1 heterocycles. The molecule has 1 aliphatic rings. The molecule has 0 aromatic heterocycles. The number of rotatable bonds is 3. The van der Waals surface area contributed by atoms with Crippen LogP contribution in [0.25, 0.3) is 10.4 Å².